The van der Waals surface area contributed by atoms with E-state index in [1.165, 1.54) is 19.1 Å². The Kier molecular flexibility index (Phi) is 4.83. The molecule has 0 bridgehead atoms. The zero-order valence-electron chi connectivity index (χ0n) is 8.78. The van der Waals surface area contributed by atoms with E-state index in [2.05, 4.69) is 23.1 Å². The summed E-state index contributed by atoms with van der Waals surface area (Å²) in [7, 11) is 0. The second kappa shape index (κ2) is 6.24. The summed E-state index contributed by atoms with van der Waals surface area (Å²) in [5, 5.41) is 0. The fourth-order valence-electron chi connectivity index (χ4n) is 1.33. The third-order valence-electron chi connectivity index (χ3n) is 2.12. The second-order valence-electron chi connectivity index (χ2n) is 3.18. The highest BCUT2D eigenvalue weighted by atomic mass is 16.5. The van der Waals surface area contributed by atoms with Crippen molar-refractivity contribution >= 4 is 0 Å². The van der Waals surface area contributed by atoms with Crippen LogP contribution in [0.15, 0.2) is 25.2 Å². The van der Waals surface area contributed by atoms with Gasteiger partial charge in [0.1, 0.15) is 5.82 Å². The average molecular weight is 194 g/mol. The van der Waals surface area contributed by atoms with E-state index < -0.39 is 0 Å². The number of unbranched alkanes of at least 4 members (excludes halogenated alkanes) is 1. The summed E-state index contributed by atoms with van der Waals surface area (Å²) in [6.07, 6.45) is 8.60. The van der Waals surface area contributed by atoms with Gasteiger partial charge in [-0.25, -0.2) is 4.98 Å². The third kappa shape index (κ3) is 3.24. The summed E-state index contributed by atoms with van der Waals surface area (Å²) in [6, 6.07) is 0. The van der Waals surface area contributed by atoms with E-state index >= 15 is 0 Å². The Bertz CT molecular complexity index is 268. The molecule has 1 rings (SSSR count). The fourth-order valence-corrected chi connectivity index (χ4v) is 1.33. The van der Waals surface area contributed by atoms with Crippen molar-refractivity contribution in [2.75, 3.05) is 6.61 Å². The monoisotopic (exact) mass is 194 g/mol. The number of rotatable bonds is 7. The second-order valence-corrected chi connectivity index (χ2v) is 3.18. The van der Waals surface area contributed by atoms with Crippen LogP contribution in [0.1, 0.15) is 25.6 Å². The van der Waals surface area contributed by atoms with Crippen molar-refractivity contribution in [3.63, 3.8) is 0 Å². The summed E-state index contributed by atoms with van der Waals surface area (Å²) in [5.41, 5.74) is 0. The third-order valence-corrected chi connectivity index (χ3v) is 2.12. The standard InChI is InChI=1S/C11H18N2O/c1-3-5-8-13-9-7-12-11(13)6-10-14-4-2/h4,7,9H,2-3,5-6,8,10H2,1H3. The molecular formula is C11H18N2O. The lowest BCUT2D eigenvalue weighted by Gasteiger charge is -2.06. The first-order chi connectivity index (χ1) is 6.88. The fraction of sp³-hybridized carbons (Fsp3) is 0.545. The van der Waals surface area contributed by atoms with E-state index in [0.29, 0.717) is 6.61 Å². The summed E-state index contributed by atoms with van der Waals surface area (Å²) in [4.78, 5) is 4.29. The Morgan fingerprint density at radius 1 is 1.64 bits per heavy atom. The number of nitrogens with zero attached hydrogens (tertiary/aromatic N) is 2. The van der Waals surface area contributed by atoms with Gasteiger partial charge in [-0.3, -0.25) is 0 Å². The van der Waals surface area contributed by atoms with Gasteiger partial charge in [-0.2, -0.15) is 0 Å². The van der Waals surface area contributed by atoms with Crippen LogP contribution in [0.2, 0.25) is 0 Å². The van der Waals surface area contributed by atoms with Crippen molar-refractivity contribution in [2.24, 2.45) is 0 Å². The van der Waals surface area contributed by atoms with Crippen molar-refractivity contribution in [3.8, 4) is 0 Å². The van der Waals surface area contributed by atoms with E-state index in [9.17, 15) is 0 Å². The molecule has 0 amide bonds. The first-order valence-electron chi connectivity index (χ1n) is 5.11. The van der Waals surface area contributed by atoms with Crippen LogP contribution in [0.5, 0.6) is 0 Å². The van der Waals surface area contributed by atoms with Crippen molar-refractivity contribution in [1.82, 2.24) is 9.55 Å². The van der Waals surface area contributed by atoms with Gasteiger partial charge in [0.15, 0.2) is 0 Å². The maximum absolute atomic E-state index is 5.08. The summed E-state index contributed by atoms with van der Waals surface area (Å²) >= 11 is 0. The molecule has 0 aliphatic heterocycles. The Morgan fingerprint density at radius 3 is 3.21 bits per heavy atom. The summed E-state index contributed by atoms with van der Waals surface area (Å²) in [5.74, 6) is 1.10. The Morgan fingerprint density at radius 2 is 2.50 bits per heavy atom. The Hall–Kier alpha value is -1.25. The van der Waals surface area contributed by atoms with Crippen molar-refractivity contribution < 1.29 is 4.74 Å². The normalized spacial score (nSPS) is 10.1. The lowest BCUT2D eigenvalue weighted by Crippen LogP contribution is -2.05. The zero-order chi connectivity index (χ0) is 10.2. The van der Waals surface area contributed by atoms with Crippen LogP contribution < -0.4 is 0 Å². The minimum atomic E-state index is 0.659. The molecule has 0 saturated heterocycles. The van der Waals surface area contributed by atoms with Crippen LogP contribution in [-0.4, -0.2) is 16.2 Å². The van der Waals surface area contributed by atoms with Crippen LogP contribution in [0, 0.1) is 0 Å². The predicted molar refractivity (Wildman–Crippen MR) is 57.0 cm³/mol. The minimum Gasteiger partial charge on any atom is -0.501 e. The topological polar surface area (TPSA) is 27.1 Å². The molecule has 0 unspecified atom stereocenters. The first-order valence-corrected chi connectivity index (χ1v) is 5.11. The largest absolute Gasteiger partial charge is 0.501 e. The van der Waals surface area contributed by atoms with Gasteiger partial charge in [-0.1, -0.05) is 19.9 Å². The predicted octanol–water partition coefficient (Wildman–Crippen LogP) is 2.39. The quantitative estimate of drug-likeness (QED) is 0.492. The maximum Gasteiger partial charge on any atom is 0.112 e. The maximum atomic E-state index is 5.08. The van der Waals surface area contributed by atoms with Gasteiger partial charge in [0.2, 0.25) is 0 Å². The van der Waals surface area contributed by atoms with Gasteiger partial charge >= 0.3 is 0 Å². The molecule has 0 aliphatic rings. The van der Waals surface area contributed by atoms with E-state index in [0.717, 1.165) is 18.8 Å². The number of hydrogen-bond donors (Lipinski definition) is 0. The van der Waals surface area contributed by atoms with Crippen LogP contribution in [-0.2, 0) is 17.7 Å². The van der Waals surface area contributed by atoms with E-state index in [4.69, 9.17) is 4.74 Å². The number of imidazole rings is 1. The van der Waals surface area contributed by atoms with Gasteiger partial charge < -0.3 is 9.30 Å². The molecule has 0 aromatic carbocycles. The SMILES string of the molecule is C=COCCc1nccn1CCCC. The number of hydrogen-bond acceptors (Lipinski definition) is 2. The van der Waals surface area contributed by atoms with Gasteiger partial charge in [0, 0.05) is 25.4 Å². The molecule has 1 aromatic rings. The molecule has 14 heavy (non-hydrogen) atoms. The smallest absolute Gasteiger partial charge is 0.112 e. The molecule has 0 radical (unpaired) electrons. The van der Waals surface area contributed by atoms with Crippen LogP contribution in [0.3, 0.4) is 0 Å². The van der Waals surface area contributed by atoms with Crippen molar-refractivity contribution in [2.45, 2.75) is 32.7 Å². The zero-order valence-corrected chi connectivity index (χ0v) is 8.78. The lowest BCUT2D eigenvalue weighted by molar-refractivity contribution is 0.251. The molecule has 78 valence electrons. The van der Waals surface area contributed by atoms with E-state index in [-0.39, 0.29) is 0 Å². The van der Waals surface area contributed by atoms with Gasteiger partial charge in [0.25, 0.3) is 0 Å². The molecule has 3 nitrogen and oxygen atoms in total. The molecule has 0 atom stereocenters. The van der Waals surface area contributed by atoms with E-state index in [1.807, 2.05) is 12.4 Å². The number of aromatic nitrogens is 2. The lowest BCUT2D eigenvalue weighted by atomic mass is 10.3. The Labute approximate surface area is 85.4 Å². The minimum absolute atomic E-state index is 0.659. The van der Waals surface area contributed by atoms with Crippen LogP contribution in [0.4, 0.5) is 0 Å². The molecule has 0 fully saturated rings. The molecule has 0 aliphatic carbocycles. The summed E-state index contributed by atoms with van der Waals surface area (Å²) < 4.78 is 7.27. The molecule has 1 aromatic heterocycles. The number of aryl methyl sites for hydroxylation is 1. The van der Waals surface area contributed by atoms with Gasteiger partial charge in [-0.05, 0) is 6.42 Å². The van der Waals surface area contributed by atoms with Gasteiger partial charge in [-0.15, -0.1) is 0 Å². The molecule has 1 heterocycles. The number of ether oxygens (including phenoxy) is 1. The highest BCUT2D eigenvalue weighted by Gasteiger charge is 2.01. The van der Waals surface area contributed by atoms with Crippen molar-refractivity contribution in [1.29, 1.82) is 0 Å². The first kappa shape index (κ1) is 10.8. The average Bonchev–Trinajstić information content (AvgIpc) is 2.63. The Balaban J connectivity index is 2.40. The molecule has 3 heteroatoms. The molecule has 0 N–H and O–H groups in total. The highest BCUT2D eigenvalue weighted by Crippen LogP contribution is 2.02. The molecule has 0 saturated carbocycles. The highest BCUT2D eigenvalue weighted by molar-refractivity contribution is 4.92. The van der Waals surface area contributed by atoms with Crippen LogP contribution >= 0.6 is 0 Å². The summed E-state index contributed by atoms with van der Waals surface area (Å²) in [6.45, 7) is 7.41. The molecule has 0 spiro atoms. The van der Waals surface area contributed by atoms with Gasteiger partial charge in [0.05, 0.1) is 12.9 Å². The van der Waals surface area contributed by atoms with Crippen LogP contribution in [0.25, 0.3) is 0 Å². The van der Waals surface area contributed by atoms with Crippen molar-refractivity contribution in [3.05, 3.63) is 31.1 Å². The van der Waals surface area contributed by atoms with E-state index in [1.54, 1.807) is 0 Å². The molecular weight excluding hydrogens is 176 g/mol.